The van der Waals surface area contributed by atoms with Gasteiger partial charge in [0.05, 0.1) is 12.6 Å². The largest absolute Gasteiger partial charge is 0.494 e. The molecule has 9 heteroatoms. The van der Waals surface area contributed by atoms with E-state index in [1.165, 1.54) is 0 Å². The van der Waals surface area contributed by atoms with Crippen LogP contribution < -0.4 is 15.4 Å². The highest BCUT2D eigenvalue weighted by Crippen LogP contribution is 2.25. The second-order valence-electron chi connectivity index (χ2n) is 4.57. The zero-order valence-electron chi connectivity index (χ0n) is 12.5. The van der Waals surface area contributed by atoms with Crippen LogP contribution in [-0.4, -0.2) is 22.8 Å². The van der Waals surface area contributed by atoms with Crippen LogP contribution in [0.4, 0.5) is 18.7 Å². The van der Waals surface area contributed by atoms with Crippen LogP contribution in [0.5, 0.6) is 5.75 Å². The minimum Gasteiger partial charge on any atom is -0.494 e. The molecule has 2 aromatic rings. The van der Waals surface area contributed by atoms with Crippen molar-refractivity contribution in [1.82, 2.24) is 15.5 Å². The number of nitrogens with one attached hydrogen (secondary N) is 2. The zero-order valence-corrected chi connectivity index (χ0v) is 13.4. The molecule has 0 fully saturated rings. The number of amides is 2. The highest BCUT2D eigenvalue weighted by atomic mass is 32.1. The summed E-state index contributed by atoms with van der Waals surface area (Å²) >= 11 is 0.637. The fraction of sp³-hybridized carbons (Fsp3) is 0.357. The number of hydrogen-bond acceptors (Lipinski definition) is 5. The summed E-state index contributed by atoms with van der Waals surface area (Å²) in [6.07, 6.45) is -2.70. The predicted molar refractivity (Wildman–Crippen MR) is 83.0 cm³/mol. The summed E-state index contributed by atoms with van der Waals surface area (Å²) in [5.74, 6) is 0.713. The number of hydrogen-bond donors (Lipinski definition) is 2. The molecule has 0 aliphatic heterocycles. The lowest BCUT2D eigenvalue weighted by atomic mass is 10.1. The van der Waals surface area contributed by atoms with E-state index in [1.54, 1.807) is 6.92 Å². The summed E-state index contributed by atoms with van der Waals surface area (Å²) in [7, 11) is 0. The van der Waals surface area contributed by atoms with Crippen LogP contribution in [-0.2, 0) is 0 Å². The molecule has 124 valence electrons. The molecule has 1 aromatic heterocycles. The molecular weight excluding hydrogens is 326 g/mol. The summed E-state index contributed by atoms with van der Waals surface area (Å²) in [5, 5.41) is 11.5. The molecule has 2 N–H and O–H groups in total. The van der Waals surface area contributed by atoms with Gasteiger partial charge in [-0.15, -0.1) is 10.2 Å². The van der Waals surface area contributed by atoms with Crippen molar-refractivity contribution < 1.29 is 18.3 Å². The average molecular weight is 342 g/mol. The Balaban J connectivity index is 1.94. The number of carbonyl (C=O) groups is 1. The number of ether oxygens (including phenoxy) is 1. The lowest BCUT2D eigenvalue weighted by Gasteiger charge is -2.15. The van der Waals surface area contributed by atoms with Gasteiger partial charge in [0.1, 0.15) is 5.75 Å². The van der Waals surface area contributed by atoms with Gasteiger partial charge >= 0.3 is 6.03 Å². The van der Waals surface area contributed by atoms with E-state index in [-0.39, 0.29) is 11.2 Å². The van der Waals surface area contributed by atoms with E-state index >= 15 is 0 Å². The molecule has 0 radical (unpaired) electrons. The molecule has 2 amide bonds. The Bertz CT molecular complexity index is 666. The Morgan fingerprint density at radius 2 is 2.17 bits per heavy atom. The third-order valence-corrected chi connectivity index (χ3v) is 3.71. The maximum atomic E-state index is 12.4. The van der Waals surface area contributed by atoms with Gasteiger partial charge in [0.15, 0.2) is 5.01 Å². The van der Waals surface area contributed by atoms with E-state index in [1.807, 2.05) is 31.2 Å². The lowest BCUT2D eigenvalue weighted by Crippen LogP contribution is -2.31. The number of anilines is 1. The lowest BCUT2D eigenvalue weighted by molar-refractivity contribution is 0.150. The first-order chi connectivity index (χ1) is 11.0. The highest BCUT2D eigenvalue weighted by Gasteiger charge is 2.16. The first kappa shape index (κ1) is 17.1. The molecule has 0 aliphatic carbocycles. The van der Waals surface area contributed by atoms with Crippen molar-refractivity contribution in [2.45, 2.75) is 26.3 Å². The van der Waals surface area contributed by atoms with Crippen molar-refractivity contribution in [3.8, 4) is 5.75 Å². The zero-order chi connectivity index (χ0) is 16.8. The van der Waals surface area contributed by atoms with Crippen molar-refractivity contribution in [2.75, 3.05) is 11.9 Å². The molecule has 0 saturated carbocycles. The molecule has 0 aliphatic rings. The Kier molecular flexibility index (Phi) is 5.80. The normalized spacial score (nSPS) is 12.0. The van der Waals surface area contributed by atoms with Gasteiger partial charge in [0.2, 0.25) is 5.13 Å². The molecule has 0 spiro atoms. The fourth-order valence-corrected chi connectivity index (χ4v) is 2.42. The number of urea groups is 1. The topological polar surface area (TPSA) is 76.1 Å². The third-order valence-electron chi connectivity index (χ3n) is 2.86. The van der Waals surface area contributed by atoms with Crippen molar-refractivity contribution >= 4 is 22.5 Å². The fourth-order valence-electron chi connectivity index (χ4n) is 1.83. The van der Waals surface area contributed by atoms with Crippen LogP contribution in [0.1, 0.15) is 36.9 Å². The standard InChI is InChI=1S/C14H16F2N4O2S/c1-3-22-10-6-4-5-9(7-10)8(2)17-13(21)18-14-20-19-12(23-14)11(15)16/h4-8,11H,3H2,1-2H3,(H2,17,18,20,21). The van der Waals surface area contributed by atoms with E-state index in [9.17, 15) is 13.6 Å². The van der Waals surface area contributed by atoms with Gasteiger partial charge in [-0.25, -0.2) is 13.6 Å². The van der Waals surface area contributed by atoms with Crippen LogP contribution in [0.3, 0.4) is 0 Å². The average Bonchev–Trinajstić information content (AvgIpc) is 2.96. The van der Waals surface area contributed by atoms with Crippen LogP contribution >= 0.6 is 11.3 Å². The first-order valence-electron chi connectivity index (χ1n) is 6.91. The van der Waals surface area contributed by atoms with Crippen LogP contribution in [0.2, 0.25) is 0 Å². The van der Waals surface area contributed by atoms with Gasteiger partial charge in [-0.2, -0.15) is 0 Å². The van der Waals surface area contributed by atoms with Crippen LogP contribution in [0.15, 0.2) is 24.3 Å². The smallest absolute Gasteiger partial charge is 0.321 e. The van der Waals surface area contributed by atoms with Crippen molar-refractivity contribution in [2.24, 2.45) is 0 Å². The number of aromatic nitrogens is 2. The van der Waals surface area contributed by atoms with Gasteiger partial charge in [0.25, 0.3) is 6.43 Å². The highest BCUT2D eigenvalue weighted by molar-refractivity contribution is 7.15. The van der Waals surface area contributed by atoms with Gasteiger partial charge in [-0.3, -0.25) is 5.32 Å². The number of nitrogens with zero attached hydrogens (tertiary/aromatic N) is 2. The molecule has 2 rings (SSSR count). The van der Waals surface area contributed by atoms with Gasteiger partial charge < -0.3 is 10.1 Å². The van der Waals surface area contributed by atoms with Crippen molar-refractivity contribution in [3.05, 3.63) is 34.8 Å². The third kappa shape index (κ3) is 4.85. The van der Waals surface area contributed by atoms with Gasteiger partial charge in [0, 0.05) is 0 Å². The van der Waals surface area contributed by atoms with E-state index in [0.717, 1.165) is 5.56 Å². The van der Waals surface area contributed by atoms with Crippen molar-refractivity contribution in [1.29, 1.82) is 0 Å². The Morgan fingerprint density at radius 3 is 2.83 bits per heavy atom. The molecule has 1 atom stereocenters. The SMILES string of the molecule is CCOc1cccc(C(C)NC(=O)Nc2nnc(C(F)F)s2)c1. The molecule has 6 nitrogen and oxygen atoms in total. The number of carbonyl (C=O) groups excluding carboxylic acids is 1. The quantitative estimate of drug-likeness (QED) is 0.838. The second-order valence-corrected chi connectivity index (χ2v) is 5.58. The molecule has 1 unspecified atom stereocenters. The molecule has 1 aromatic carbocycles. The summed E-state index contributed by atoms with van der Waals surface area (Å²) in [6.45, 7) is 4.24. The predicted octanol–water partition coefficient (Wildman–Crippen LogP) is 3.76. The Morgan fingerprint density at radius 1 is 1.39 bits per heavy atom. The minimum atomic E-state index is -2.70. The number of rotatable bonds is 6. The molecule has 23 heavy (non-hydrogen) atoms. The van der Waals surface area contributed by atoms with Crippen LogP contribution in [0, 0.1) is 0 Å². The number of alkyl halides is 2. The Labute approximate surface area is 135 Å². The van der Waals surface area contributed by atoms with E-state index in [2.05, 4.69) is 20.8 Å². The minimum absolute atomic E-state index is 0.0214. The molecular formula is C14H16F2N4O2S. The second kappa shape index (κ2) is 7.82. The first-order valence-corrected chi connectivity index (χ1v) is 7.73. The van der Waals surface area contributed by atoms with E-state index in [4.69, 9.17) is 4.74 Å². The maximum Gasteiger partial charge on any atom is 0.321 e. The summed E-state index contributed by atoms with van der Waals surface area (Å²) < 4.78 is 30.2. The maximum absolute atomic E-state index is 12.4. The molecule has 0 bridgehead atoms. The summed E-state index contributed by atoms with van der Waals surface area (Å²) in [6, 6.07) is 6.50. The summed E-state index contributed by atoms with van der Waals surface area (Å²) in [4.78, 5) is 11.9. The molecule has 0 saturated heterocycles. The monoisotopic (exact) mass is 342 g/mol. The number of halogens is 2. The summed E-state index contributed by atoms with van der Waals surface area (Å²) in [5.41, 5.74) is 0.858. The van der Waals surface area contributed by atoms with Gasteiger partial charge in [-0.1, -0.05) is 23.5 Å². The van der Waals surface area contributed by atoms with E-state index in [0.29, 0.717) is 23.7 Å². The van der Waals surface area contributed by atoms with E-state index < -0.39 is 17.5 Å². The molecule has 1 heterocycles. The van der Waals surface area contributed by atoms with Crippen LogP contribution in [0.25, 0.3) is 0 Å². The van der Waals surface area contributed by atoms with Crippen molar-refractivity contribution in [3.63, 3.8) is 0 Å². The Hall–Kier alpha value is -2.29. The van der Waals surface area contributed by atoms with Gasteiger partial charge in [-0.05, 0) is 31.5 Å². The number of benzene rings is 1.